The van der Waals surface area contributed by atoms with Gasteiger partial charge in [-0.25, -0.2) is 10.6 Å². The Morgan fingerprint density at radius 3 is 2.04 bits per heavy atom. The molecule has 0 amide bonds. The second-order valence-electron chi connectivity index (χ2n) is 6.60. The molecule has 0 spiro atoms. The van der Waals surface area contributed by atoms with Crippen molar-refractivity contribution in [2.24, 2.45) is 5.92 Å². The molecule has 1 N–H and O–H groups in total. The summed E-state index contributed by atoms with van der Waals surface area (Å²) in [5, 5.41) is 0. The van der Waals surface area contributed by atoms with Gasteiger partial charge in [0.1, 0.15) is 0 Å². The Morgan fingerprint density at radius 2 is 1.62 bits per heavy atom. The Bertz CT molecular complexity index is 552. The number of rotatable bonds is 1. The van der Waals surface area contributed by atoms with Crippen molar-refractivity contribution in [3.05, 3.63) is 46.6 Å². The van der Waals surface area contributed by atoms with Crippen LogP contribution in [-0.4, -0.2) is 11.3 Å². The zero-order valence-corrected chi connectivity index (χ0v) is 19.6. The van der Waals surface area contributed by atoms with E-state index < -0.39 is 0 Å². The van der Waals surface area contributed by atoms with Gasteiger partial charge in [0.05, 0.1) is 6.42 Å². The average Bonchev–Trinajstić information content (AvgIpc) is 2.52. The molecule has 0 heterocycles. The van der Waals surface area contributed by atoms with Gasteiger partial charge in [0.25, 0.3) is 0 Å². The van der Waals surface area contributed by atoms with Crippen LogP contribution in [0.2, 0.25) is 0 Å². The smallest absolute Gasteiger partial charge is 0.184 e. The van der Waals surface area contributed by atoms with Crippen LogP contribution in [0.1, 0.15) is 48.0 Å². The van der Waals surface area contributed by atoms with Crippen LogP contribution in [-0.2, 0) is 21.7 Å². The fourth-order valence-electron chi connectivity index (χ4n) is 2.85. The maximum Gasteiger partial charge on any atom is 0.184 e. The first kappa shape index (κ1) is 32.2. The van der Waals surface area contributed by atoms with Crippen molar-refractivity contribution in [1.29, 1.82) is 0 Å². The van der Waals surface area contributed by atoms with E-state index >= 15 is 0 Å². The van der Waals surface area contributed by atoms with Gasteiger partial charge in [0.2, 0.25) is 0 Å². The van der Waals surface area contributed by atoms with Gasteiger partial charge in [-0.05, 0) is 20.8 Å². The second kappa shape index (κ2) is 12.8. The predicted molar refractivity (Wildman–Crippen MR) is 81.9 cm³/mol. The van der Waals surface area contributed by atoms with Crippen LogP contribution in [0.3, 0.4) is 0 Å². The maximum atomic E-state index is 3.67. The van der Waals surface area contributed by atoms with Gasteiger partial charge in [-0.1, -0.05) is 38.0 Å². The Balaban J connectivity index is -0.000000400. The van der Waals surface area contributed by atoms with Gasteiger partial charge in [-0.15, -0.1) is 12.5 Å². The molecule has 6 heteroatoms. The molecule has 138 valence electrons. The molecule has 0 fully saturated rings. The Morgan fingerprint density at radius 1 is 1.08 bits per heavy atom. The van der Waals surface area contributed by atoms with Crippen molar-refractivity contribution >= 4 is 5.71 Å². The van der Waals surface area contributed by atoms with Gasteiger partial charge in [-0.3, -0.25) is 6.08 Å². The molecule has 24 heavy (non-hydrogen) atoms. The molecule has 0 saturated carbocycles. The Kier molecular flexibility index (Phi) is 17.2. The van der Waals surface area contributed by atoms with Crippen molar-refractivity contribution < 1.29 is 76.3 Å². The molecule has 0 aliphatic heterocycles. The predicted octanol–water partition coefficient (Wildman–Crippen LogP) is -9.08. The van der Waals surface area contributed by atoms with E-state index in [1.807, 2.05) is 0 Å². The van der Waals surface area contributed by atoms with Crippen LogP contribution in [0, 0.1) is 12.0 Å². The van der Waals surface area contributed by atoms with Crippen molar-refractivity contribution in [2.75, 3.05) is 0 Å². The van der Waals surface area contributed by atoms with Crippen LogP contribution in [0.4, 0.5) is 0 Å². The minimum atomic E-state index is 0. The minimum absolute atomic E-state index is 0. The summed E-state index contributed by atoms with van der Waals surface area (Å²) in [5.74, 6) is 0.398. The summed E-state index contributed by atoms with van der Waals surface area (Å²) in [6.07, 6.45) is 11.2. The topological polar surface area (TPSA) is 14.0 Å². The van der Waals surface area contributed by atoms with Gasteiger partial charge in [-0.2, -0.15) is 5.57 Å². The number of hydrogen-bond acceptors (Lipinski definition) is 0. The van der Waals surface area contributed by atoms with E-state index in [0.29, 0.717) is 5.92 Å². The first-order valence-corrected chi connectivity index (χ1v) is 7.12. The van der Waals surface area contributed by atoms with Crippen molar-refractivity contribution in [3.63, 3.8) is 0 Å². The summed E-state index contributed by atoms with van der Waals surface area (Å²) in [6.45, 7) is 13.3. The fraction of sp³-hybridized carbons (Fsp3) is 0.500. The van der Waals surface area contributed by atoms with Crippen molar-refractivity contribution in [2.45, 2.75) is 53.5 Å². The first-order chi connectivity index (χ1) is 8.79. The number of allylic oxidation sites excluding steroid dienone is 8. The quantitative estimate of drug-likeness (QED) is 0.305. The van der Waals surface area contributed by atoms with Crippen LogP contribution in [0.15, 0.2) is 40.5 Å². The summed E-state index contributed by atoms with van der Waals surface area (Å²) in [5.41, 5.74) is 6.94. The third-order valence-electron chi connectivity index (χ3n) is 3.69. The van der Waals surface area contributed by atoms with E-state index in [4.69, 9.17) is 0 Å². The molecule has 0 aromatic carbocycles. The average molecular weight is 445 g/mol. The monoisotopic (exact) mass is 443 g/mol. The van der Waals surface area contributed by atoms with E-state index in [1.165, 1.54) is 28.0 Å². The molecule has 1 unspecified atom stereocenters. The summed E-state index contributed by atoms with van der Waals surface area (Å²) in [6, 6.07) is 0. The fourth-order valence-corrected chi connectivity index (χ4v) is 2.85. The summed E-state index contributed by atoms with van der Waals surface area (Å²) >= 11 is 0. The van der Waals surface area contributed by atoms with Crippen LogP contribution >= 0.6 is 0 Å². The molecule has 0 saturated heterocycles. The van der Waals surface area contributed by atoms with E-state index in [0.717, 1.165) is 6.42 Å². The van der Waals surface area contributed by atoms with Gasteiger partial charge in [0, 0.05) is 27.3 Å². The SMILES string of the molecule is CC1=[C-]C(C)C(C2=CC=CCC2=[NH+]C(C)(C)C)=C1C.[Cl-].[Cl-].[Cl-].[Cl-].[Ti]. The normalized spacial score (nSPS) is 20.6. The molecule has 2 rings (SSSR count). The third-order valence-corrected chi connectivity index (χ3v) is 3.69. The molecular weight excluding hydrogens is 420 g/mol. The number of nitrogens with one attached hydrogen (secondary N) is 1. The minimum Gasteiger partial charge on any atom is -1.00 e. The molecule has 1 atom stereocenters. The Hall–Kier alpha value is 0.504. The van der Waals surface area contributed by atoms with Crippen LogP contribution in [0.5, 0.6) is 0 Å². The number of halogens is 4. The summed E-state index contributed by atoms with van der Waals surface area (Å²) in [4.78, 5) is 3.67. The van der Waals surface area contributed by atoms with Gasteiger partial charge >= 0.3 is 0 Å². The molecule has 0 aromatic rings. The van der Waals surface area contributed by atoms with Crippen LogP contribution < -0.4 is 54.6 Å². The molecule has 2 aliphatic carbocycles. The zero-order valence-electron chi connectivity index (χ0n) is 15.0. The zero-order chi connectivity index (χ0) is 14.2. The van der Waals surface area contributed by atoms with E-state index in [-0.39, 0.29) is 76.9 Å². The van der Waals surface area contributed by atoms with Crippen molar-refractivity contribution in [3.8, 4) is 0 Å². The molecule has 0 radical (unpaired) electrons. The molecule has 0 aromatic heterocycles. The molecule has 2 aliphatic rings. The third kappa shape index (κ3) is 7.81. The molecule has 1 nitrogen and oxygen atoms in total. The Labute approximate surface area is 187 Å². The van der Waals surface area contributed by atoms with Gasteiger partial charge < -0.3 is 49.6 Å². The van der Waals surface area contributed by atoms with Crippen molar-refractivity contribution in [1.82, 2.24) is 0 Å². The standard InChI is InChI=1S/C18H24N.4ClH.Ti/c1-12-11-13(2)17(14(12)3)15-9-7-8-10-16(15)19-18(4,5)6;;;;;/h7-9,13H,10H2,1-6H3;4*1H;/q-1;;;;;/p-3. The van der Waals surface area contributed by atoms with E-state index in [1.54, 1.807) is 0 Å². The molecule has 0 bridgehead atoms. The number of hydrogen-bond donors (Lipinski definition) is 1. The van der Waals surface area contributed by atoms with Crippen LogP contribution in [0.25, 0.3) is 0 Å². The summed E-state index contributed by atoms with van der Waals surface area (Å²) in [7, 11) is 0. The van der Waals surface area contributed by atoms with Gasteiger partial charge in [0.15, 0.2) is 11.3 Å². The second-order valence-corrected chi connectivity index (χ2v) is 6.60. The maximum absolute atomic E-state index is 3.67. The largest absolute Gasteiger partial charge is 1.00 e. The van der Waals surface area contributed by atoms with E-state index in [9.17, 15) is 0 Å². The van der Waals surface area contributed by atoms with E-state index in [2.05, 4.69) is 70.8 Å². The summed E-state index contributed by atoms with van der Waals surface area (Å²) < 4.78 is 0. The first-order valence-electron chi connectivity index (χ1n) is 7.12. The molecular formula is C18H25Cl4NTi-4.